The molecule has 5 heteroatoms. The zero-order valence-electron chi connectivity index (χ0n) is 8.11. The van der Waals surface area contributed by atoms with Crippen molar-refractivity contribution in [2.75, 3.05) is 0 Å². The summed E-state index contributed by atoms with van der Waals surface area (Å²) in [4.78, 5) is 15.9. The van der Waals surface area contributed by atoms with E-state index in [4.69, 9.17) is 16.0 Å². The van der Waals surface area contributed by atoms with Crippen LogP contribution >= 0.6 is 27.5 Å². The van der Waals surface area contributed by atoms with Crippen molar-refractivity contribution >= 4 is 33.3 Å². The molecule has 2 aromatic rings. The second kappa shape index (κ2) is 4.80. The third-order valence-corrected chi connectivity index (χ3v) is 2.81. The normalized spacial score (nSPS) is 10.4. The van der Waals surface area contributed by atoms with E-state index in [0.29, 0.717) is 11.3 Å². The Kier molecular flexibility index (Phi) is 3.41. The maximum absolute atomic E-state index is 11.8. The summed E-state index contributed by atoms with van der Waals surface area (Å²) in [6.45, 7) is 0. The molecule has 0 aliphatic heterocycles. The Labute approximate surface area is 106 Å². The van der Waals surface area contributed by atoms with E-state index in [1.54, 1.807) is 18.3 Å². The number of aromatic nitrogens is 1. The molecule has 2 aromatic heterocycles. The molecule has 16 heavy (non-hydrogen) atoms. The van der Waals surface area contributed by atoms with Crippen molar-refractivity contribution in [3.8, 4) is 0 Å². The number of rotatable bonds is 3. The minimum atomic E-state index is -0.103. The SMILES string of the molecule is O=C(Cc1ccc(Br)cn1)c1ccoc1Cl. The molecule has 0 amide bonds. The number of carbonyl (C=O) groups excluding carboxylic acids is 1. The molecule has 0 bridgehead atoms. The van der Waals surface area contributed by atoms with E-state index < -0.39 is 0 Å². The highest BCUT2D eigenvalue weighted by Gasteiger charge is 2.13. The standard InChI is InChI=1S/C11H7BrClNO2/c12-7-1-2-8(14-6-7)5-10(15)9-3-4-16-11(9)13/h1-4,6H,5H2. The first kappa shape index (κ1) is 11.4. The van der Waals surface area contributed by atoms with Crippen molar-refractivity contribution in [3.63, 3.8) is 0 Å². The van der Waals surface area contributed by atoms with Crippen LogP contribution in [-0.4, -0.2) is 10.8 Å². The molecule has 0 aromatic carbocycles. The molecule has 0 aliphatic carbocycles. The monoisotopic (exact) mass is 299 g/mol. The zero-order chi connectivity index (χ0) is 11.5. The summed E-state index contributed by atoms with van der Waals surface area (Å²) in [5.41, 5.74) is 1.09. The molecule has 0 unspecified atom stereocenters. The molecule has 0 spiro atoms. The van der Waals surface area contributed by atoms with Gasteiger partial charge in [-0.05, 0) is 45.7 Å². The van der Waals surface area contributed by atoms with Crippen molar-refractivity contribution in [3.05, 3.63) is 51.6 Å². The van der Waals surface area contributed by atoms with E-state index in [9.17, 15) is 4.79 Å². The molecule has 0 atom stereocenters. The van der Waals surface area contributed by atoms with Crippen molar-refractivity contribution in [1.29, 1.82) is 0 Å². The summed E-state index contributed by atoms with van der Waals surface area (Å²) >= 11 is 8.99. The summed E-state index contributed by atoms with van der Waals surface area (Å²) in [5, 5.41) is 0.127. The number of nitrogens with zero attached hydrogens (tertiary/aromatic N) is 1. The van der Waals surface area contributed by atoms with Crippen LogP contribution in [0.2, 0.25) is 5.22 Å². The van der Waals surface area contributed by atoms with Crippen LogP contribution in [0.15, 0.2) is 39.5 Å². The first-order valence-corrected chi connectivity index (χ1v) is 5.70. The number of furan rings is 1. The predicted molar refractivity (Wildman–Crippen MR) is 63.7 cm³/mol. The van der Waals surface area contributed by atoms with Gasteiger partial charge in [0.1, 0.15) is 0 Å². The molecule has 0 saturated carbocycles. The van der Waals surface area contributed by atoms with Gasteiger partial charge in [0.25, 0.3) is 0 Å². The van der Waals surface area contributed by atoms with Gasteiger partial charge >= 0.3 is 0 Å². The molecule has 0 fully saturated rings. The van der Waals surface area contributed by atoms with Crippen LogP contribution < -0.4 is 0 Å². The molecule has 2 rings (SSSR count). The number of Topliss-reactive ketones (excluding diaryl/α,β-unsaturated/α-hetero) is 1. The summed E-state index contributed by atoms with van der Waals surface area (Å²) in [6, 6.07) is 5.19. The van der Waals surface area contributed by atoms with Crippen LogP contribution in [-0.2, 0) is 6.42 Å². The first-order valence-electron chi connectivity index (χ1n) is 4.53. The van der Waals surface area contributed by atoms with Crippen LogP contribution in [0.4, 0.5) is 0 Å². The Hall–Kier alpha value is -1.13. The smallest absolute Gasteiger partial charge is 0.203 e. The fraction of sp³-hybridized carbons (Fsp3) is 0.0909. The van der Waals surface area contributed by atoms with E-state index >= 15 is 0 Å². The van der Waals surface area contributed by atoms with Crippen LogP contribution in [0.3, 0.4) is 0 Å². The molecule has 0 radical (unpaired) electrons. The molecular formula is C11H7BrClNO2. The van der Waals surface area contributed by atoms with Crippen LogP contribution in [0, 0.1) is 0 Å². The van der Waals surface area contributed by atoms with Crippen LogP contribution in [0.25, 0.3) is 0 Å². The summed E-state index contributed by atoms with van der Waals surface area (Å²) in [5.74, 6) is -0.103. The maximum atomic E-state index is 11.8. The quantitative estimate of drug-likeness (QED) is 0.815. The molecule has 82 valence electrons. The van der Waals surface area contributed by atoms with Gasteiger partial charge in [-0.25, -0.2) is 0 Å². The van der Waals surface area contributed by atoms with Crippen molar-refractivity contribution in [2.24, 2.45) is 0 Å². The minimum absolute atomic E-state index is 0.103. The number of hydrogen-bond donors (Lipinski definition) is 0. The second-order valence-corrected chi connectivity index (χ2v) is 4.43. The van der Waals surface area contributed by atoms with Crippen molar-refractivity contribution < 1.29 is 9.21 Å². The number of ketones is 1. The Morgan fingerprint density at radius 1 is 1.44 bits per heavy atom. The Morgan fingerprint density at radius 3 is 2.81 bits per heavy atom. The molecule has 2 heterocycles. The van der Waals surface area contributed by atoms with Gasteiger partial charge in [-0.1, -0.05) is 0 Å². The Bertz CT molecular complexity index is 507. The van der Waals surface area contributed by atoms with E-state index in [0.717, 1.165) is 4.47 Å². The van der Waals surface area contributed by atoms with Crippen molar-refractivity contribution in [1.82, 2.24) is 4.98 Å². The zero-order valence-corrected chi connectivity index (χ0v) is 10.5. The van der Waals surface area contributed by atoms with Gasteiger partial charge in [0.05, 0.1) is 18.2 Å². The first-order chi connectivity index (χ1) is 7.66. The fourth-order valence-corrected chi connectivity index (χ4v) is 1.72. The highest BCUT2D eigenvalue weighted by atomic mass is 79.9. The average molecular weight is 301 g/mol. The van der Waals surface area contributed by atoms with Crippen LogP contribution in [0.5, 0.6) is 0 Å². The average Bonchev–Trinajstić information content (AvgIpc) is 2.68. The molecule has 0 N–H and O–H groups in total. The Balaban J connectivity index is 2.14. The van der Waals surface area contributed by atoms with Gasteiger partial charge in [-0.15, -0.1) is 0 Å². The highest BCUT2D eigenvalue weighted by Crippen LogP contribution is 2.18. The predicted octanol–water partition coefficient (Wildman–Crippen LogP) is 3.52. The van der Waals surface area contributed by atoms with E-state index in [2.05, 4.69) is 20.9 Å². The lowest BCUT2D eigenvalue weighted by atomic mass is 10.1. The van der Waals surface area contributed by atoms with Crippen molar-refractivity contribution in [2.45, 2.75) is 6.42 Å². The topological polar surface area (TPSA) is 43.1 Å². The largest absolute Gasteiger partial charge is 0.452 e. The highest BCUT2D eigenvalue weighted by molar-refractivity contribution is 9.10. The molecule has 0 aliphatic rings. The third-order valence-electron chi connectivity index (χ3n) is 2.05. The molecular weight excluding hydrogens is 293 g/mol. The number of carbonyl (C=O) groups is 1. The molecule has 0 saturated heterocycles. The maximum Gasteiger partial charge on any atom is 0.203 e. The van der Waals surface area contributed by atoms with Crippen LogP contribution in [0.1, 0.15) is 16.1 Å². The van der Waals surface area contributed by atoms with Gasteiger partial charge in [-0.2, -0.15) is 0 Å². The van der Waals surface area contributed by atoms with Gasteiger partial charge in [-0.3, -0.25) is 9.78 Å². The number of hydrogen-bond acceptors (Lipinski definition) is 3. The lowest BCUT2D eigenvalue weighted by Crippen LogP contribution is -2.04. The minimum Gasteiger partial charge on any atom is -0.452 e. The van der Waals surface area contributed by atoms with Gasteiger partial charge < -0.3 is 4.42 Å². The third kappa shape index (κ3) is 2.51. The lowest BCUT2D eigenvalue weighted by molar-refractivity contribution is 0.0991. The van der Waals surface area contributed by atoms with E-state index in [1.807, 2.05) is 6.07 Å². The second-order valence-electron chi connectivity index (χ2n) is 3.18. The number of pyridine rings is 1. The van der Waals surface area contributed by atoms with Gasteiger partial charge in [0.15, 0.2) is 5.78 Å². The van der Waals surface area contributed by atoms with E-state index in [1.165, 1.54) is 6.26 Å². The summed E-state index contributed by atoms with van der Waals surface area (Å²) in [7, 11) is 0. The lowest BCUT2D eigenvalue weighted by Gasteiger charge is -1.98. The summed E-state index contributed by atoms with van der Waals surface area (Å²) in [6.07, 6.45) is 3.26. The number of halogens is 2. The Morgan fingerprint density at radius 2 is 2.25 bits per heavy atom. The fourth-order valence-electron chi connectivity index (χ4n) is 1.26. The van der Waals surface area contributed by atoms with E-state index in [-0.39, 0.29) is 17.4 Å². The molecule has 3 nitrogen and oxygen atoms in total. The summed E-state index contributed by atoms with van der Waals surface area (Å²) < 4.78 is 5.74. The van der Waals surface area contributed by atoms with Gasteiger partial charge in [0, 0.05) is 16.4 Å². The van der Waals surface area contributed by atoms with Gasteiger partial charge in [0.2, 0.25) is 5.22 Å².